The molecule has 0 spiro atoms. The van der Waals surface area contributed by atoms with E-state index < -0.39 is 7.60 Å². The third-order valence-electron chi connectivity index (χ3n) is 3.44. The van der Waals surface area contributed by atoms with Crippen LogP contribution in [0.3, 0.4) is 0 Å². The van der Waals surface area contributed by atoms with Crippen LogP contribution < -0.4 is 0 Å². The molecule has 128 valence electrons. The number of benzene rings is 1. The van der Waals surface area contributed by atoms with Gasteiger partial charge in [0.05, 0.1) is 25.8 Å². The average Bonchev–Trinajstić information content (AvgIpc) is 2.58. The fourth-order valence-corrected chi connectivity index (χ4v) is 4.09. The Morgan fingerprint density at radius 1 is 1.17 bits per heavy atom. The Kier molecular flexibility index (Phi) is 9.13. The second kappa shape index (κ2) is 10.6. The van der Waals surface area contributed by atoms with Crippen LogP contribution in [0.15, 0.2) is 30.3 Å². The Bertz CT molecular complexity index is 518. The highest BCUT2D eigenvalue weighted by Crippen LogP contribution is 2.50. The van der Waals surface area contributed by atoms with Crippen molar-refractivity contribution in [2.45, 2.75) is 39.7 Å². The van der Waals surface area contributed by atoms with Crippen LogP contribution >= 0.6 is 7.60 Å². The summed E-state index contributed by atoms with van der Waals surface area (Å²) in [6.07, 6.45) is 1.66. The maximum atomic E-state index is 13.0. The summed E-state index contributed by atoms with van der Waals surface area (Å²) in [6, 6.07) is 12.0. The molecular formula is C17H27N2O3P. The molecule has 0 bridgehead atoms. The minimum absolute atomic E-state index is 0.0420. The third kappa shape index (κ3) is 6.85. The molecular weight excluding hydrogens is 311 g/mol. The molecule has 0 fully saturated rings. The van der Waals surface area contributed by atoms with E-state index in [4.69, 9.17) is 14.3 Å². The van der Waals surface area contributed by atoms with Crippen LogP contribution in [-0.2, 0) is 13.6 Å². The van der Waals surface area contributed by atoms with Gasteiger partial charge >= 0.3 is 7.60 Å². The van der Waals surface area contributed by atoms with Gasteiger partial charge in [0.15, 0.2) is 0 Å². The number of hydrogen-bond donors (Lipinski definition) is 0. The molecule has 5 nitrogen and oxygen atoms in total. The summed E-state index contributed by atoms with van der Waals surface area (Å²) < 4.78 is 24.0. The van der Waals surface area contributed by atoms with E-state index in [2.05, 4.69) is 6.07 Å². The van der Waals surface area contributed by atoms with Crippen molar-refractivity contribution in [1.29, 1.82) is 5.26 Å². The molecule has 0 saturated heterocycles. The topological polar surface area (TPSA) is 62.6 Å². The highest BCUT2D eigenvalue weighted by Gasteiger charge is 2.30. The van der Waals surface area contributed by atoms with Gasteiger partial charge in [0.25, 0.3) is 0 Å². The van der Waals surface area contributed by atoms with Crippen molar-refractivity contribution in [1.82, 2.24) is 4.90 Å². The highest BCUT2D eigenvalue weighted by atomic mass is 31.2. The van der Waals surface area contributed by atoms with Gasteiger partial charge in [0.1, 0.15) is 6.29 Å². The summed E-state index contributed by atoms with van der Waals surface area (Å²) >= 11 is 0. The molecule has 1 unspecified atom stereocenters. The number of hydrogen-bond acceptors (Lipinski definition) is 5. The maximum absolute atomic E-state index is 13.0. The molecule has 0 amide bonds. The van der Waals surface area contributed by atoms with Gasteiger partial charge in [-0.3, -0.25) is 9.46 Å². The first-order chi connectivity index (χ1) is 11.1. The van der Waals surface area contributed by atoms with Crippen LogP contribution in [0.4, 0.5) is 0 Å². The first-order valence-electron chi connectivity index (χ1n) is 8.10. The first kappa shape index (κ1) is 19.9. The Morgan fingerprint density at radius 2 is 1.74 bits per heavy atom. The minimum Gasteiger partial charge on any atom is -0.308 e. The standard InChI is InChI=1S/C17H27N2O3P/c1-4-13-21-23(20,22-14-5-2)15-19(12-11-18)16(3)17-9-7-6-8-10-17/h6-10,16H,4-5,12-15H2,1-3H3. The van der Waals surface area contributed by atoms with Crippen molar-refractivity contribution in [3.63, 3.8) is 0 Å². The number of rotatable bonds is 11. The van der Waals surface area contributed by atoms with Crippen molar-refractivity contribution < 1.29 is 13.6 Å². The highest BCUT2D eigenvalue weighted by molar-refractivity contribution is 7.53. The molecule has 23 heavy (non-hydrogen) atoms. The summed E-state index contributed by atoms with van der Waals surface area (Å²) in [5.74, 6) is 0. The van der Waals surface area contributed by atoms with Crippen molar-refractivity contribution in [3.8, 4) is 6.07 Å². The van der Waals surface area contributed by atoms with Crippen LogP contribution in [0.2, 0.25) is 0 Å². The van der Waals surface area contributed by atoms with Crippen molar-refractivity contribution in [2.24, 2.45) is 0 Å². The van der Waals surface area contributed by atoms with E-state index in [1.54, 1.807) is 0 Å². The summed E-state index contributed by atoms with van der Waals surface area (Å²) in [5.41, 5.74) is 1.07. The molecule has 0 N–H and O–H groups in total. The van der Waals surface area contributed by atoms with Crippen molar-refractivity contribution in [2.75, 3.05) is 26.0 Å². The smallest absolute Gasteiger partial charge is 0.308 e. The SMILES string of the molecule is CCCOP(=O)(CN(CC#N)C(C)c1ccccc1)OCCC. The molecule has 0 saturated carbocycles. The van der Waals surface area contributed by atoms with Crippen molar-refractivity contribution in [3.05, 3.63) is 35.9 Å². The lowest BCUT2D eigenvalue weighted by Gasteiger charge is -2.30. The van der Waals surface area contributed by atoms with E-state index in [-0.39, 0.29) is 18.9 Å². The first-order valence-corrected chi connectivity index (χ1v) is 9.83. The molecule has 1 aromatic carbocycles. The van der Waals surface area contributed by atoms with Crippen LogP contribution in [0, 0.1) is 11.3 Å². The lowest BCUT2D eigenvalue weighted by Crippen LogP contribution is -2.29. The fraction of sp³-hybridized carbons (Fsp3) is 0.588. The van der Waals surface area contributed by atoms with Crippen LogP contribution in [0.5, 0.6) is 0 Å². The van der Waals surface area contributed by atoms with E-state index in [1.807, 2.05) is 56.0 Å². The Hall–Kier alpha value is -1.18. The Balaban J connectivity index is 2.89. The quantitative estimate of drug-likeness (QED) is 0.436. The van der Waals surface area contributed by atoms with E-state index >= 15 is 0 Å². The van der Waals surface area contributed by atoms with Gasteiger partial charge in [-0.25, -0.2) is 0 Å². The Morgan fingerprint density at radius 3 is 2.22 bits per heavy atom. The minimum atomic E-state index is -3.24. The lowest BCUT2D eigenvalue weighted by molar-refractivity contribution is 0.176. The van der Waals surface area contributed by atoms with Gasteiger partial charge in [0.2, 0.25) is 0 Å². The van der Waals surface area contributed by atoms with Crippen LogP contribution in [0.1, 0.15) is 45.2 Å². The second-order valence-corrected chi connectivity index (χ2v) is 7.43. The van der Waals surface area contributed by atoms with E-state index in [9.17, 15) is 4.57 Å². The fourth-order valence-electron chi connectivity index (χ4n) is 2.14. The monoisotopic (exact) mass is 338 g/mol. The van der Waals surface area contributed by atoms with Crippen LogP contribution in [-0.4, -0.2) is 30.9 Å². The summed E-state index contributed by atoms with van der Waals surface area (Å²) in [7, 11) is -3.24. The normalized spacial score (nSPS) is 13.0. The Labute approximate surface area is 139 Å². The second-order valence-electron chi connectivity index (χ2n) is 5.41. The zero-order valence-electron chi connectivity index (χ0n) is 14.3. The molecule has 0 radical (unpaired) electrons. The summed E-state index contributed by atoms with van der Waals surface area (Å²) in [5, 5.41) is 9.12. The van der Waals surface area contributed by atoms with Gasteiger partial charge in [-0.05, 0) is 25.3 Å². The molecule has 0 aliphatic heterocycles. The average molecular weight is 338 g/mol. The molecule has 0 heterocycles. The van der Waals surface area contributed by atoms with E-state index in [0.717, 1.165) is 18.4 Å². The molecule has 0 aliphatic carbocycles. The summed E-state index contributed by atoms with van der Waals surface area (Å²) in [4.78, 5) is 1.85. The van der Waals surface area contributed by atoms with Crippen molar-refractivity contribution >= 4 is 7.60 Å². The van der Waals surface area contributed by atoms with Gasteiger partial charge in [0, 0.05) is 6.04 Å². The number of nitriles is 1. The zero-order valence-corrected chi connectivity index (χ0v) is 15.2. The molecule has 1 atom stereocenters. The maximum Gasteiger partial charge on any atom is 0.344 e. The summed E-state index contributed by atoms with van der Waals surface area (Å²) in [6.45, 7) is 6.87. The predicted molar refractivity (Wildman–Crippen MR) is 92.1 cm³/mol. The van der Waals surface area contributed by atoms with Gasteiger partial charge in [-0.2, -0.15) is 5.26 Å². The molecule has 6 heteroatoms. The van der Waals surface area contributed by atoms with Gasteiger partial charge < -0.3 is 9.05 Å². The molecule has 0 aliphatic rings. The molecule has 1 rings (SSSR count). The predicted octanol–water partition coefficient (Wildman–Crippen LogP) is 4.58. The van der Waals surface area contributed by atoms with E-state index in [0.29, 0.717) is 13.2 Å². The van der Waals surface area contributed by atoms with Crippen LogP contribution in [0.25, 0.3) is 0 Å². The van der Waals surface area contributed by atoms with E-state index in [1.165, 1.54) is 0 Å². The largest absolute Gasteiger partial charge is 0.344 e. The number of nitrogens with zero attached hydrogens (tertiary/aromatic N) is 2. The lowest BCUT2D eigenvalue weighted by atomic mass is 10.1. The molecule has 0 aromatic heterocycles. The van der Waals surface area contributed by atoms with Gasteiger partial charge in [-0.1, -0.05) is 44.2 Å². The zero-order chi connectivity index (χ0) is 17.1. The van der Waals surface area contributed by atoms with Gasteiger partial charge in [-0.15, -0.1) is 0 Å². The molecule has 1 aromatic rings. The third-order valence-corrected chi connectivity index (χ3v) is 5.30.